The number of β-amino-alcohol motifs (C(OH)–C–C–N with tert-alkyl or cyclic N) is 1. The highest BCUT2D eigenvalue weighted by Gasteiger charge is 2.16. The smallest absolute Gasteiger partial charge is 0.161 e. The van der Waals surface area contributed by atoms with Crippen molar-refractivity contribution in [3.8, 4) is 11.5 Å². The van der Waals surface area contributed by atoms with Gasteiger partial charge in [0, 0.05) is 13.1 Å². The van der Waals surface area contributed by atoms with Crippen LogP contribution in [0.1, 0.15) is 63.4 Å². The second-order valence-electron chi connectivity index (χ2n) is 8.71. The third kappa shape index (κ3) is 7.80. The van der Waals surface area contributed by atoms with E-state index in [1.165, 1.54) is 76.4 Å². The van der Waals surface area contributed by atoms with Crippen molar-refractivity contribution in [2.45, 2.75) is 70.4 Å². The molecule has 0 bridgehead atoms. The van der Waals surface area contributed by atoms with E-state index in [0.29, 0.717) is 13.2 Å². The van der Waals surface area contributed by atoms with Crippen molar-refractivity contribution in [3.63, 3.8) is 0 Å². The number of nitrogens with zero attached hydrogens (tertiary/aromatic N) is 2. The first-order valence-corrected chi connectivity index (χ1v) is 11.7. The Kier molecular flexibility index (Phi) is 9.58. The average Bonchev–Trinajstić information content (AvgIpc) is 2.97. The normalized spacial score (nSPS) is 21.0. The molecule has 5 heteroatoms. The molecule has 0 radical (unpaired) electrons. The molecule has 1 unspecified atom stereocenters. The summed E-state index contributed by atoms with van der Waals surface area (Å²) in [6.45, 7) is 6.48. The fourth-order valence-electron chi connectivity index (χ4n) is 4.52. The number of methoxy groups -OCH3 is 1. The third-order valence-corrected chi connectivity index (χ3v) is 6.18. The van der Waals surface area contributed by atoms with Gasteiger partial charge in [-0.3, -0.25) is 4.90 Å². The van der Waals surface area contributed by atoms with Gasteiger partial charge in [-0.1, -0.05) is 38.2 Å². The van der Waals surface area contributed by atoms with Gasteiger partial charge in [-0.05, 0) is 69.6 Å². The molecule has 1 atom stereocenters. The van der Waals surface area contributed by atoms with E-state index in [1.54, 1.807) is 7.11 Å². The molecule has 0 spiro atoms. The van der Waals surface area contributed by atoms with E-state index >= 15 is 0 Å². The number of hydrogen-bond donors (Lipinski definition) is 1. The lowest BCUT2D eigenvalue weighted by Crippen LogP contribution is -2.37. The molecule has 0 aromatic heterocycles. The van der Waals surface area contributed by atoms with Crippen LogP contribution in [-0.4, -0.2) is 67.5 Å². The maximum atomic E-state index is 10.5. The Balaban J connectivity index is 1.52. The van der Waals surface area contributed by atoms with Gasteiger partial charge in [0.25, 0.3) is 0 Å². The average molecular weight is 405 g/mol. The van der Waals surface area contributed by atoms with E-state index in [1.807, 2.05) is 6.07 Å². The maximum absolute atomic E-state index is 10.5. The Morgan fingerprint density at radius 3 is 2.03 bits per heavy atom. The molecule has 2 fully saturated rings. The van der Waals surface area contributed by atoms with Crippen LogP contribution in [0.25, 0.3) is 0 Å². The van der Waals surface area contributed by atoms with Crippen molar-refractivity contribution in [3.05, 3.63) is 23.8 Å². The van der Waals surface area contributed by atoms with Crippen LogP contribution in [0.4, 0.5) is 0 Å². The molecule has 0 saturated carbocycles. The first-order chi connectivity index (χ1) is 14.2. The van der Waals surface area contributed by atoms with Crippen LogP contribution >= 0.6 is 0 Å². The van der Waals surface area contributed by atoms with Crippen molar-refractivity contribution < 1.29 is 14.6 Å². The molecule has 2 heterocycles. The van der Waals surface area contributed by atoms with Gasteiger partial charge in [-0.2, -0.15) is 0 Å². The molecule has 1 N–H and O–H groups in total. The van der Waals surface area contributed by atoms with Gasteiger partial charge in [0.1, 0.15) is 12.7 Å². The van der Waals surface area contributed by atoms with Crippen LogP contribution in [-0.2, 0) is 6.54 Å². The van der Waals surface area contributed by atoms with Gasteiger partial charge in [0.05, 0.1) is 7.11 Å². The predicted octanol–water partition coefficient (Wildman–Crippen LogP) is 4.08. The quantitative estimate of drug-likeness (QED) is 0.707. The van der Waals surface area contributed by atoms with Crippen molar-refractivity contribution in [1.29, 1.82) is 0 Å². The number of hydrogen-bond acceptors (Lipinski definition) is 5. The summed E-state index contributed by atoms with van der Waals surface area (Å²) in [6.07, 6.45) is 11.3. The number of aliphatic hydroxyl groups is 1. The van der Waals surface area contributed by atoms with Gasteiger partial charge in [-0.25, -0.2) is 0 Å². The number of aliphatic hydroxyl groups excluding tert-OH is 1. The second kappa shape index (κ2) is 12.4. The topological polar surface area (TPSA) is 45.2 Å². The van der Waals surface area contributed by atoms with Gasteiger partial charge in [-0.15, -0.1) is 0 Å². The van der Waals surface area contributed by atoms with Gasteiger partial charge in [0.2, 0.25) is 0 Å². The highest BCUT2D eigenvalue weighted by molar-refractivity contribution is 5.43. The lowest BCUT2D eigenvalue weighted by atomic mass is 10.1. The number of likely N-dealkylation sites (tertiary alicyclic amines) is 2. The van der Waals surface area contributed by atoms with Crippen molar-refractivity contribution >= 4 is 0 Å². The third-order valence-electron chi connectivity index (χ3n) is 6.18. The van der Waals surface area contributed by atoms with Crippen molar-refractivity contribution in [1.82, 2.24) is 9.80 Å². The standard InChI is InChI=1S/C24H40N2O3/c1-28-23-12-11-21(18-25-13-9-5-6-10-14-25)17-24(23)29-20-22(27)19-26-15-7-3-2-4-8-16-26/h11-12,17,22,27H,2-10,13-16,18-20H2,1H3. The highest BCUT2D eigenvalue weighted by Crippen LogP contribution is 2.29. The van der Waals surface area contributed by atoms with Crippen molar-refractivity contribution in [2.24, 2.45) is 0 Å². The Morgan fingerprint density at radius 1 is 0.828 bits per heavy atom. The van der Waals surface area contributed by atoms with Crippen LogP contribution < -0.4 is 9.47 Å². The molecule has 0 amide bonds. The van der Waals surface area contributed by atoms with Crippen LogP contribution in [0.5, 0.6) is 11.5 Å². The summed E-state index contributed by atoms with van der Waals surface area (Å²) < 4.78 is 11.5. The molecule has 29 heavy (non-hydrogen) atoms. The number of benzene rings is 1. The number of ether oxygens (including phenoxy) is 2. The molecule has 2 aliphatic heterocycles. The molecule has 0 aliphatic carbocycles. The van der Waals surface area contributed by atoms with E-state index in [2.05, 4.69) is 21.9 Å². The minimum absolute atomic E-state index is 0.306. The summed E-state index contributed by atoms with van der Waals surface area (Å²) in [5, 5.41) is 10.5. The molecule has 5 nitrogen and oxygen atoms in total. The summed E-state index contributed by atoms with van der Waals surface area (Å²) in [5.74, 6) is 1.48. The Morgan fingerprint density at radius 2 is 1.41 bits per heavy atom. The zero-order chi connectivity index (χ0) is 20.3. The van der Waals surface area contributed by atoms with E-state index < -0.39 is 6.10 Å². The van der Waals surface area contributed by atoms with Gasteiger partial charge < -0.3 is 19.5 Å². The van der Waals surface area contributed by atoms with Crippen LogP contribution in [0.15, 0.2) is 18.2 Å². The lowest BCUT2D eigenvalue weighted by Gasteiger charge is -2.27. The number of rotatable bonds is 8. The summed E-state index contributed by atoms with van der Waals surface area (Å²) in [7, 11) is 1.67. The maximum Gasteiger partial charge on any atom is 0.161 e. The highest BCUT2D eigenvalue weighted by atomic mass is 16.5. The fourth-order valence-corrected chi connectivity index (χ4v) is 4.52. The van der Waals surface area contributed by atoms with Crippen molar-refractivity contribution in [2.75, 3.05) is 46.4 Å². The zero-order valence-electron chi connectivity index (χ0n) is 18.3. The molecular weight excluding hydrogens is 364 g/mol. The SMILES string of the molecule is COc1ccc(CN2CCCCCC2)cc1OCC(O)CN1CCCCCCC1. The second-order valence-corrected chi connectivity index (χ2v) is 8.71. The monoisotopic (exact) mass is 404 g/mol. The summed E-state index contributed by atoms with van der Waals surface area (Å²) >= 11 is 0. The van der Waals surface area contributed by atoms with Gasteiger partial charge in [0.15, 0.2) is 11.5 Å². The van der Waals surface area contributed by atoms with Gasteiger partial charge >= 0.3 is 0 Å². The summed E-state index contributed by atoms with van der Waals surface area (Å²) in [5.41, 5.74) is 1.25. The minimum atomic E-state index is -0.478. The van der Waals surface area contributed by atoms with Crippen LogP contribution in [0.2, 0.25) is 0 Å². The van der Waals surface area contributed by atoms with E-state index in [-0.39, 0.29) is 0 Å². The van der Waals surface area contributed by atoms with E-state index in [4.69, 9.17) is 9.47 Å². The summed E-state index contributed by atoms with van der Waals surface area (Å²) in [4.78, 5) is 4.93. The molecule has 1 aromatic carbocycles. The van der Waals surface area contributed by atoms with Crippen LogP contribution in [0.3, 0.4) is 0 Å². The van der Waals surface area contributed by atoms with E-state index in [0.717, 1.165) is 31.1 Å². The predicted molar refractivity (Wildman–Crippen MR) is 118 cm³/mol. The first kappa shape index (κ1) is 22.4. The molecule has 3 rings (SSSR count). The molecule has 1 aromatic rings. The fraction of sp³-hybridized carbons (Fsp3) is 0.750. The Bertz CT molecular complexity index is 579. The molecule has 2 aliphatic rings. The minimum Gasteiger partial charge on any atom is -0.493 e. The van der Waals surface area contributed by atoms with Crippen LogP contribution in [0, 0.1) is 0 Å². The first-order valence-electron chi connectivity index (χ1n) is 11.7. The molecule has 164 valence electrons. The molecule has 2 saturated heterocycles. The van der Waals surface area contributed by atoms with E-state index in [9.17, 15) is 5.11 Å². The molecular formula is C24H40N2O3. The lowest BCUT2D eigenvalue weighted by molar-refractivity contribution is 0.0644. The largest absolute Gasteiger partial charge is 0.493 e. The Labute approximate surface area is 177 Å². The summed E-state index contributed by atoms with van der Waals surface area (Å²) in [6, 6.07) is 6.22. The Hall–Kier alpha value is -1.30. The zero-order valence-corrected chi connectivity index (χ0v) is 18.3.